The Morgan fingerprint density at radius 2 is 1.72 bits per heavy atom. The largest absolute Gasteiger partial charge is 0.350 e. The van der Waals surface area contributed by atoms with Crippen molar-refractivity contribution in [3.63, 3.8) is 0 Å². The van der Waals surface area contributed by atoms with E-state index in [-0.39, 0.29) is 11.5 Å². The fourth-order valence-corrected chi connectivity index (χ4v) is 2.48. The van der Waals surface area contributed by atoms with Crippen LogP contribution in [0.1, 0.15) is 10.4 Å². The van der Waals surface area contributed by atoms with E-state index in [0.717, 1.165) is 5.56 Å². The van der Waals surface area contributed by atoms with Gasteiger partial charge in [0.05, 0.1) is 12.2 Å². The third-order valence-corrected chi connectivity index (χ3v) is 3.90. The Bertz CT molecular complexity index is 921. The average Bonchev–Trinajstić information content (AvgIpc) is 2.64. The van der Waals surface area contributed by atoms with Gasteiger partial charge in [-0.15, -0.1) is 0 Å². The molecule has 0 saturated carbocycles. The normalized spacial score (nSPS) is 10.4. The number of rotatable bonds is 5. The molecule has 0 aliphatic carbocycles. The quantitative estimate of drug-likeness (QED) is 0.767. The molecule has 1 heterocycles. The Hall–Kier alpha value is -2.92. The molecule has 5 nitrogen and oxygen atoms in total. The van der Waals surface area contributed by atoms with Crippen molar-refractivity contribution in [2.75, 3.05) is 6.54 Å². The van der Waals surface area contributed by atoms with Crippen LogP contribution in [0.3, 0.4) is 0 Å². The molecule has 0 unspecified atom stereocenters. The maximum Gasteiger partial charge on any atom is 0.266 e. The zero-order valence-electron chi connectivity index (χ0n) is 13.4. The first-order valence-corrected chi connectivity index (χ1v) is 8.18. The Morgan fingerprint density at radius 1 is 1.00 bits per heavy atom. The lowest BCUT2D eigenvalue weighted by atomic mass is 10.1. The molecule has 0 spiro atoms. The lowest BCUT2D eigenvalue weighted by molar-refractivity contribution is 0.0952. The van der Waals surface area contributed by atoms with Crippen LogP contribution in [0.15, 0.2) is 71.5 Å². The van der Waals surface area contributed by atoms with Gasteiger partial charge in [-0.1, -0.05) is 41.9 Å². The summed E-state index contributed by atoms with van der Waals surface area (Å²) in [7, 11) is 0. The molecule has 0 aliphatic heterocycles. The Balaban J connectivity index is 1.68. The Labute approximate surface area is 149 Å². The summed E-state index contributed by atoms with van der Waals surface area (Å²) in [4.78, 5) is 24.0. The summed E-state index contributed by atoms with van der Waals surface area (Å²) in [6.45, 7) is 0.601. The molecule has 0 atom stereocenters. The Morgan fingerprint density at radius 3 is 2.44 bits per heavy atom. The highest BCUT2D eigenvalue weighted by Crippen LogP contribution is 2.18. The van der Waals surface area contributed by atoms with Crippen molar-refractivity contribution in [3.05, 3.63) is 87.7 Å². The minimum absolute atomic E-state index is 0.178. The van der Waals surface area contributed by atoms with Crippen LogP contribution in [0, 0.1) is 0 Å². The minimum atomic E-state index is -0.216. The molecule has 0 saturated heterocycles. The van der Waals surface area contributed by atoms with Crippen molar-refractivity contribution in [2.24, 2.45) is 0 Å². The predicted octanol–water partition coefficient (Wildman–Crippen LogP) is 2.99. The zero-order valence-corrected chi connectivity index (χ0v) is 14.1. The lowest BCUT2D eigenvalue weighted by Gasteiger charge is -2.09. The number of amides is 1. The highest BCUT2D eigenvalue weighted by molar-refractivity contribution is 6.30. The summed E-state index contributed by atoms with van der Waals surface area (Å²) < 4.78 is 1.34. The lowest BCUT2D eigenvalue weighted by Crippen LogP contribution is -2.31. The summed E-state index contributed by atoms with van der Waals surface area (Å²) in [6, 6.07) is 19.3. The monoisotopic (exact) mass is 353 g/mol. The number of hydrogen-bond acceptors (Lipinski definition) is 3. The Kier molecular flexibility index (Phi) is 5.26. The van der Waals surface area contributed by atoms with Crippen molar-refractivity contribution in [3.8, 4) is 11.3 Å². The molecule has 1 N–H and O–H groups in total. The third kappa shape index (κ3) is 4.33. The second kappa shape index (κ2) is 7.77. The first-order chi connectivity index (χ1) is 12.1. The van der Waals surface area contributed by atoms with E-state index in [4.69, 9.17) is 11.6 Å². The number of carbonyl (C=O) groups excluding carboxylic acids is 1. The van der Waals surface area contributed by atoms with Crippen molar-refractivity contribution in [1.29, 1.82) is 0 Å². The summed E-state index contributed by atoms with van der Waals surface area (Å²) in [5, 5.41) is 7.78. The molecule has 1 aromatic heterocycles. The smallest absolute Gasteiger partial charge is 0.266 e. The van der Waals surface area contributed by atoms with Crippen LogP contribution in [-0.2, 0) is 6.54 Å². The second-order valence-electron chi connectivity index (χ2n) is 5.41. The van der Waals surface area contributed by atoms with Gasteiger partial charge in [0.1, 0.15) is 0 Å². The fourth-order valence-electron chi connectivity index (χ4n) is 2.35. The molecule has 126 valence electrons. The zero-order chi connectivity index (χ0) is 17.6. The van der Waals surface area contributed by atoms with Gasteiger partial charge >= 0.3 is 0 Å². The number of hydrogen-bond donors (Lipinski definition) is 1. The van der Waals surface area contributed by atoms with E-state index < -0.39 is 0 Å². The van der Waals surface area contributed by atoms with Crippen LogP contribution in [0.25, 0.3) is 11.3 Å². The van der Waals surface area contributed by atoms with Crippen LogP contribution in [0.4, 0.5) is 0 Å². The maximum atomic E-state index is 12.0. The number of aromatic nitrogens is 2. The minimum Gasteiger partial charge on any atom is -0.350 e. The van der Waals surface area contributed by atoms with E-state index in [1.54, 1.807) is 42.5 Å². The third-order valence-electron chi connectivity index (χ3n) is 3.65. The van der Waals surface area contributed by atoms with Gasteiger partial charge in [-0.05, 0) is 30.3 Å². The van der Waals surface area contributed by atoms with Crippen molar-refractivity contribution < 1.29 is 4.79 Å². The number of halogens is 1. The van der Waals surface area contributed by atoms with E-state index in [2.05, 4.69) is 10.4 Å². The summed E-state index contributed by atoms with van der Waals surface area (Å²) in [5.41, 5.74) is 1.90. The van der Waals surface area contributed by atoms with Crippen molar-refractivity contribution >= 4 is 17.5 Å². The molecule has 1 amide bonds. The van der Waals surface area contributed by atoms with Gasteiger partial charge in [0.2, 0.25) is 0 Å². The van der Waals surface area contributed by atoms with Crippen LogP contribution in [0.2, 0.25) is 5.02 Å². The number of nitrogens with one attached hydrogen (secondary N) is 1. The molecule has 2 aromatic carbocycles. The molecule has 6 heteroatoms. The number of carbonyl (C=O) groups is 1. The van der Waals surface area contributed by atoms with Crippen LogP contribution in [-0.4, -0.2) is 22.2 Å². The molecule has 3 aromatic rings. The van der Waals surface area contributed by atoms with Gasteiger partial charge in [-0.2, -0.15) is 5.10 Å². The maximum absolute atomic E-state index is 12.0. The highest BCUT2D eigenvalue weighted by Gasteiger charge is 2.06. The van der Waals surface area contributed by atoms with Gasteiger partial charge in [-0.25, -0.2) is 4.68 Å². The molecule has 0 radical (unpaired) electrons. The topological polar surface area (TPSA) is 64.0 Å². The van der Waals surface area contributed by atoms with E-state index in [0.29, 0.717) is 29.4 Å². The van der Waals surface area contributed by atoms with Gasteiger partial charge in [-0.3, -0.25) is 9.59 Å². The highest BCUT2D eigenvalue weighted by atomic mass is 35.5. The predicted molar refractivity (Wildman–Crippen MR) is 97.7 cm³/mol. The van der Waals surface area contributed by atoms with E-state index in [9.17, 15) is 9.59 Å². The summed E-state index contributed by atoms with van der Waals surface area (Å²) in [5.74, 6) is -0.178. The number of nitrogens with zero attached hydrogens (tertiary/aromatic N) is 2. The van der Waals surface area contributed by atoms with Crippen molar-refractivity contribution in [1.82, 2.24) is 15.1 Å². The fraction of sp³-hybridized carbons (Fsp3) is 0.105. The summed E-state index contributed by atoms with van der Waals surface area (Å²) >= 11 is 5.89. The van der Waals surface area contributed by atoms with Gasteiger partial charge in [0, 0.05) is 28.8 Å². The van der Waals surface area contributed by atoms with Gasteiger partial charge in [0.15, 0.2) is 0 Å². The molecule has 0 aliphatic rings. The standard InChI is InChI=1S/C19H16ClN3O2/c20-16-8-6-14(7-9-16)17-10-11-18(24)23(22-17)13-12-21-19(25)15-4-2-1-3-5-15/h1-11H,12-13H2,(H,21,25). The molecule has 0 bridgehead atoms. The van der Waals surface area contributed by atoms with Gasteiger partial charge in [0.25, 0.3) is 11.5 Å². The van der Waals surface area contributed by atoms with Crippen LogP contribution >= 0.6 is 11.6 Å². The van der Waals surface area contributed by atoms with Crippen LogP contribution in [0.5, 0.6) is 0 Å². The molecule has 25 heavy (non-hydrogen) atoms. The van der Waals surface area contributed by atoms with Crippen LogP contribution < -0.4 is 10.9 Å². The van der Waals surface area contributed by atoms with E-state index in [1.807, 2.05) is 18.2 Å². The van der Waals surface area contributed by atoms with Gasteiger partial charge < -0.3 is 5.32 Å². The molecular weight excluding hydrogens is 338 g/mol. The van der Waals surface area contributed by atoms with E-state index >= 15 is 0 Å². The average molecular weight is 354 g/mol. The SMILES string of the molecule is O=C(NCCn1nc(-c2ccc(Cl)cc2)ccc1=O)c1ccccc1. The molecule has 3 rings (SSSR count). The summed E-state index contributed by atoms with van der Waals surface area (Å²) in [6.07, 6.45) is 0. The first-order valence-electron chi connectivity index (χ1n) is 7.81. The van der Waals surface area contributed by atoms with Crippen molar-refractivity contribution in [2.45, 2.75) is 6.54 Å². The second-order valence-corrected chi connectivity index (χ2v) is 5.85. The molecule has 0 fully saturated rings. The number of benzene rings is 2. The van der Waals surface area contributed by atoms with E-state index in [1.165, 1.54) is 10.7 Å². The first kappa shape index (κ1) is 16.9. The molecular formula is C19H16ClN3O2.